The van der Waals surface area contributed by atoms with Gasteiger partial charge in [0.15, 0.2) is 8.07 Å². The minimum atomic E-state index is -3.06. The van der Waals surface area contributed by atoms with E-state index in [1.54, 1.807) is 0 Å². The van der Waals surface area contributed by atoms with Crippen LogP contribution in [-0.2, 0) is 5.41 Å². The number of fused-ring (bicyclic) bond motifs is 12. The maximum absolute atomic E-state index is 6.94. The summed E-state index contributed by atoms with van der Waals surface area (Å²) in [5, 5.41) is 10.3. The van der Waals surface area contributed by atoms with Crippen molar-refractivity contribution in [1.82, 2.24) is 4.57 Å². The van der Waals surface area contributed by atoms with Crippen LogP contribution in [0.5, 0.6) is 11.5 Å². The first-order chi connectivity index (χ1) is 37.2. The van der Waals surface area contributed by atoms with Crippen LogP contribution < -0.4 is 30.4 Å². The van der Waals surface area contributed by atoms with Crippen molar-refractivity contribution in [2.24, 2.45) is 0 Å². The molecule has 13 aromatic rings. The van der Waals surface area contributed by atoms with Crippen LogP contribution in [0.3, 0.4) is 0 Å². The summed E-state index contributed by atoms with van der Waals surface area (Å²) in [4.78, 5) is 2.49. The molecule has 0 radical (unpaired) electrons. The molecule has 0 aliphatic carbocycles. The number of aromatic nitrogens is 1. The monoisotopic (exact) mass is 972 g/mol. The van der Waals surface area contributed by atoms with Gasteiger partial charge >= 0.3 is 0 Å². The fourth-order valence-electron chi connectivity index (χ4n) is 13.2. The molecule has 0 saturated carbocycles. The van der Waals surface area contributed by atoms with E-state index < -0.39 is 13.5 Å². The Morgan fingerprint density at radius 3 is 1.63 bits per heavy atom. The normalized spacial score (nSPS) is 13.7. The van der Waals surface area contributed by atoms with Crippen LogP contribution in [0.4, 0.5) is 17.1 Å². The first-order valence-corrected chi connectivity index (χ1v) is 27.9. The molecule has 0 N–H and O–H groups in total. The molecule has 1 spiro atoms. The Balaban J connectivity index is 1.01. The van der Waals surface area contributed by atoms with Gasteiger partial charge in [-0.25, -0.2) is 0 Å². The van der Waals surface area contributed by atoms with Crippen LogP contribution in [0, 0.1) is 0 Å². The van der Waals surface area contributed by atoms with E-state index in [1.165, 1.54) is 70.0 Å². The van der Waals surface area contributed by atoms with Gasteiger partial charge < -0.3 is 14.2 Å². The van der Waals surface area contributed by atoms with Crippen LogP contribution in [0.2, 0.25) is 0 Å². The van der Waals surface area contributed by atoms with E-state index in [0.717, 1.165) is 50.9 Å². The van der Waals surface area contributed by atoms with E-state index in [1.807, 2.05) is 0 Å². The van der Waals surface area contributed by atoms with Gasteiger partial charge in [-0.3, -0.25) is 0 Å². The number of para-hydroxylation sites is 4. The first-order valence-electron chi connectivity index (χ1n) is 25.9. The highest BCUT2D eigenvalue weighted by molar-refractivity contribution is 7.20. The second kappa shape index (κ2) is 17.1. The molecule has 352 valence electrons. The molecule has 12 aromatic carbocycles. The molecule has 0 fully saturated rings. The lowest BCUT2D eigenvalue weighted by Gasteiger charge is -2.51. The second-order valence-corrected chi connectivity index (χ2v) is 23.6. The highest BCUT2D eigenvalue weighted by Crippen LogP contribution is 2.57. The molecule has 4 heteroatoms. The maximum atomic E-state index is 6.94. The molecule has 2 aliphatic rings. The molecule has 0 bridgehead atoms. The number of rotatable bonds is 7. The molecule has 0 saturated heterocycles. The van der Waals surface area contributed by atoms with Crippen LogP contribution in [-0.4, -0.2) is 12.6 Å². The van der Waals surface area contributed by atoms with Gasteiger partial charge in [0.1, 0.15) is 11.5 Å². The van der Waals surface area contributed by atoms with Gasteiger partial charge in [0.05, 0.1) is 22.1 Å². The van der Waals surface area contributed by atoms with Crippen molar-refractivity contribution in [3.63, 3.8) is 0 Å². The standard InChI is InChI=1S/C71H48N2OSi/c1-4-24-51(25-5-1)73-64-36-16-12-31-58(64)70-57(32-21-38-65(70)73)50-42-44-52(45-43-50)72(63-37-20-23-49-22-10-11-30-56(49)63)53-46-47-69-62(48-53)71(59-33-13-17-39-66(59)74-67-40-18-14-34-60(67)71)61-35-15-19-41-68(61)75(69,54-26-6-2-7-27-54)55-28-8-3-9-29-55/h1-48H. The molecular weight excluding hydrogens is 925 g/mol. The quantitative estimate of drug-likeness (QED) is 0.148. The van der Waals surface area contributed by atoms with Gasteiger partial charge in [0.2, 0.25) is 0 Å². The lowest BCUT2D eigenvalue weighted by molar-refractivity contribution is 0.435. The average Bonchev–Trinajstić information content (AvgIpc) is 4.01. The number of hydrogen-bond donors (Lipinski definition) is 0. The Morgan fingerprint density at radius 2 is 0.907 bits per heavy atom. The lowest BCUT2D eigenvalue weighted by atomic mass is 9.63. The number of ether oxygens (including phenoxy) is 1. The Morgan fingerprint density at radius 1 is 0.373 bits per heavy atom. The zero-order valence-electron chi connectivity index (χ0n) is 41.0. The van der Waals surface area contributed by atoms with E-state index in [2.05, 4.69) is 301 Å². The van der Waals surface area contributed by atoms with Gasteiger partial charge in [0, 0.05) is 44.3 Å². The Kier molecular flexibility index (Phi) is 9.81. The predicted molar refractivity (Wildman–Crippen MR) is 314 cm³/mol. The summed E-state index contributed by atoms with van der Waals surface area (Å²) in [6.07, 6.45) is 0. The first kappa shape index (κ1) is 43.1. The van der Waals surface area contributed by atoms with Crippen molar-refractivity contribution in [3.05, 3.63) is 313 Å². The largest absolute Gasteiger partial charge is 0.457 e. The van der Waals surface area contributed by atoms with Crippen molar-refractivity contribution >= 4 is 78.5 Å². The molecule has 2 aliphatic heterocycles. The summed E-state index contributed by atoms with van der Waals surface area (Å²) in [5.41, 5.74) is 13.3. The molecule has 3 nitrogen and oxygen atoms in total. The van der Waals surface area contributed by atoms with E-state index >= 15 is 0 Å². The smallest absolute Gasteiger partial charge is 0.180 e. The van der Waals surface area contributed by atoms with Crippen molar-refractivity contribution in [2.45, 2.75) is 5.41 Å². The fourth-order valence-corrected chi connectivity index (χ4v) is 18.5. The maximum Gasteiger partial charge on any atom is 0.180 e. The average molecular weight is 973 g/mol. The van der Waals surface area contributed by atoms with Gasteiger partial charge in [0.25, 0.3) is 0 Å². The van der Waals surface area contributed by atoms with E-state index in [9.17, 15) is 0 Å². The van der Waals surface area contributed by atoms with Crippen LogP contribution in [0.25, 0.3) is 49.4 Å². The van der Waals surface area contributed by atoms with Gasteiger partial charge in [-0.1, -0.05) is 224 Å². The van der Waals surface area contributed by atoms with Crippen molar-refractivity contribution in [2.75, 3.05) is 4.90 Å². The third kappa shape index (κ3) is 6.27. The predicted octanol–water partition coefficient (Wildman–Crippen LogP) is 15.3. The Bertz CT molecular complexity index is 4250. The van der Waals surface area contributed by atoms with Crippen LogP contribution >= 0.6 is 0 Å². The summed E-state index contributed by atoms with van der Waals surface area (Å²) in [7, 11) is -3.06. The topological polar surface area (TPSA) is 17.4 Å². The number of nitrogens with zero attached hydrogens (tertiary/aromatic N) is 2. The highest BCUT2D eigenvalue weighted by Gasteiger charge is 2.57. The summed E-state index contributed by atoms with van der Waals surface area (Å²) < 4.78 is 9.34. The third-order valence-electron chi connectivity index (χ3n) is 16.2. The number of benzene rings is 12. The van der Waals surface area contributed by atoms with Gasteiger partial charge in [-0.15, -0.1) is 0 Å². The van der Waals surface area contributed by atoms with Gasteiger partial charge in [-0.05, 0) is 115 Å². The number of hydrogen-bond acceptors (Lipinski definition) is 2. The molecule has 0 unspecified atom stereocenters. The van der Waals surface area contributed by atoms with E-state index in [4.69, 9.17) is 4.74 Å². The minimum Gasteiger partial charge on any atom is -0.457 e. The van der Waals surface area contributed by atoms with Crippen molar-refractivity contribution in [1.29, 1.82) is 0 Å². The third-order valence-corrected chi connectivity index (χ3v) is 21.1. The molecule has 0 amide bonds. The summed E-state index contributed by atoms with van der Waals surface area (Å²) in [6.45, 7) is 0. The van der Waals surface area contributed by atoms with Crippen molar-refractivity contribution in [3.8, 4) is 28.3 Å². The Hall–Kier alpha value is -9.48. The zero-order valence-corrected chi connectivity index (χ0v) is 42.0. The van der Waals surface area contributed by atoms with E-state index in [0.29, 0.717) is 0 Å². The minimum absolute atomic E-state index is 0.737. The number of anilines is 3. The Labute approximate surface area is 437 Å². The second-order valence-electron chi connectivity index (χ2n) is 19.9. The molecule has 1 aromatic heterocycles. The zero-order chi connectivity index (χ0) is 49.5. The summed E-state index contributed by atoms with van der Waals surface area (Å²) >= 11 is 0. The SMILES string of the molecule is c1ccc(-n2c3ccccc3c3c(-c4ccc(N(c5ccc6c(c5)C5(c7ccccc7Oc7ccccc75)c5ccccc5[Si]6(c5ccccc5)c5ccccc5)c5cccc6ccccc56)cc4)cccc32)cc1. The molecule has 15 rings (SSSR count). The van der Waals surface area contributed by atoms with E-state index in [-0.39, 0.29) is 0 Å². The lowest BCUT2D eigenvalue weighted by Crippen LogP contribution is -2.79. The summed E-state index contributed by atoms with van der Waals surface area (Å²) in [5.74, 6) is 1.75. The van der Waals surface area contributed by atoms with Crippen LogP contribution in [0.1, 0.15) is 22.3 Å². The molecule has 0 atom stereocenters. The van der Waals surface area contributed by atoms with Crippen LogP contribution in [0.15, 0.2) is 291 Å². The summed E-state index contributed by atoms with van der Waals surface area (Å²) in [6, 6.07) is 108. The van der Waals surface area contributed by atoms with Crippen molar-refractivity contribution < 1.29 is 4.74 Å². The molecular formula is C71H48N2OSi. The van der Waals surface area contributed by atoms with Gasteiger partial charge in [-0.2, -0.15) is 0 Å². The highest BCUT2D eigenvalue weighted by atomic mass is 28.3. The molecule has 75 heavy (non-hydrogen) atoms. The molecule has 3 heterocycles. The fraction of sp³-hybridized carbons (Fsp3) is 0.0141.